The number of hydrogen-bond donors (Lipinski definition) is 1. The molecule has 1 amide bonds. The predicted octanol–water partition coefficient (Wildman–Crippen LogP) is 2.17. The topological polar surface area (TPSA) is 58.5 Å². The van der Waals surface area contributed by atoms with Gasteiger partial charge < -0.3 is 5.32 Å². The van der Waals surface area contributed by atoms with Gasteiger partial charge in [-0.3, -0.25) is 4.79 Å². The van der Waals surface area contributed by atoms with E-state index < -0.39 is 11.4 Å². The van der Waals surface area contributed by atoms with Crippen LogP contribution in [0.25, 0.3) is 0 Å². The first-order chi connectivity index (χ1) is 6.56. The van der Waals surface area contributed by atoms with Gasteiger partial charge >= 0.3 is 0 Å². The molecule has 0 radical (unpaired) electrons. The summed E-state index contributed by atoms with van der Waals surface area (Å²) < 4.78 is 0. The van der Waals surface area contributed by atoms with E-state index in [1.54, 1.807) is 24.3 Å². The van der Waals surface area contributed by atoms with Gasteiger partial charge in [-0.15, -0.1) is 4.91 Å². The lowest BCUT2D eigenvalue weighted by Crippen LogP contribution is -2.34. The summed E-state index contributed by atoms with van der Waals surface area (Å²) in [6, 6.07) is 8.95. The van der Waals surface area contributed by atoms with Gasteiger partial charge in [0.1, 0.15) is 0 Å². The third kappa shape index (κ3) is 2.39. The molecule has 0 unspecified atom stereocenters. The lowest BCUT2D eigenvalue weighted by Gasteiger charge is -2.14. The molecule has 0 spiro atoms. The number of nitroso groups, excluding NO2 is 1. The van der Waals surface area contributed by atoms with E-state index in [1.165, 1.54) is 13.8 Å². The normalized spacial score (nSPS) is 10.7. The fourth-order valence-corrected chi connectivity index (χ4v) is 0.847. The maximum atomic E-state index is 11.5. The van der Waals surface area contributed by atoms with E-state index in [2.05, 4.69) is 10.5 Å². The molecule has 74 valence electrons. The van der Waals surface area contributed by atoms with Gasteiger partial charge in [-0.1, -0.05) is 23.4 Å². The Bertz CT molecular complexity index is 333. The number of carbonyl (C=O) groups is 1. The van der Waals surface area contributed by atoms with Gasteiger partial charge in [-0.2, -0.15) is 0 Å². The number of para-hydroxylation sites is 1. The molecular weight excluding hydrogens is 180 g/mol. The number of benzene rings is 1. The zero-order valence-electron chi connectivity index (χ0n) is 8.15. The van der Waals surface area contributed by atoms with Gasteiger partial charge in [0.25, 0.3) is 5.91 Å². The summed E-state index contributed by atoms with van der Waals surface area (Å²) in [7, 11) is 0. The summed E-state index contributed by atoms with van der Waals surface area (Å²) in [6.07, 6.45) is 0. The van der Waals surface area contributed by atoms with Gasteiger partial charge in [-0.25, -0.2) is 0 Å². The lowest BCUT2D eigenvalue weighted by atomic mass is 10.1. The predicted molar refractivity (Wildman–Crippen MR) is 54.9 cm³/mol. The summed E-state index contributed by atoms with van der Waals surface area (Å²) in [6.45, 7) is 2.94. The van der Waals surface area contributed by atoms with E-state index in [0.29, 0.717) is 5.69 Å². The third-order valence-electron chi connectivity index (χ3n) is 1.82. The molecular formula is C10H12N2O2. The molecule has 0 aliphatic heterocycles. The van der Waals surface area contributed by atoms with Crippen LogP contribution in [0.4, 0.5) is 5.69 Å². The molecule has 0 aromatic heterocycles. The molecule has 0 aliphatic carbocycles. The van der Waals surface area contributed by atoms with E-state index in [-0.39, 0.29) is 0 Å². The Balaban J connectivity index is 2.72. The van der Waals surface area contributed by atoms with E-state index in [9.17, 15) is 9.70 Å². The minimum atomic E-state index is -1.23. The highest BCUT2D eigenvalue weighted by Gasteiger charge is 2.28. The fraction of sp³-hybridized carbons (Fsp3) is 0.300. The fourth-order valence-electron chi connectivity index (χ4n) is 0.847. The first-order valence-corrected chi connectivity index (χ1v) is 4.27. The van der Waals surface area contributed by atoms with Crippen molar-refractivity contribution >= 4 is 11.6 Å². The number of nitrogens with one attached hydrogen (secondary N) is 1. The molecule has 0 fully saturated rings. The summed E-state index contributed by atoms with van der Waals surface area (Å²) in [5.41, 5.74) is -0.565. The highest BCUT2D eigenvalue weighted by atomic mass is 16.3. The third-order valence-corrected chi connectivity index (χ3v) is 1.82. The largest absolute Gasteiger partial charge is 0.324 e. The van der Waals surface area contributed by atoms with Gasteiger partial charge in [0.2, 0.25) is 0 Å². The van der Waals surface area contributed by atoms with Gasteiger partial charge in [0, 0.05) is 5.69 Å². The maximum Gasteiger partial charge on any atom is 0.255 e. The average Bonchev–Trinajstić information content (AvgIpc) is 2.19. The molecule has 0 saturated carbocycles. The number of nitrogens with zero attached hydrogens (tertiary/aromatic N) is 1. The van der Waals surface area contributed by atoms with Crippen LogP contribution in [0.2, 0.25) is 0 Å². The van der Waals surface area contributed by atoms with Crippen LogP contribution in [0.15, 0.2) is 35.5 Å². The van der Waals surface area contributed by atoms with Crippen molar-refractivity contribution in [1.29, 1.82) is 0 Å². The first kappa shape index (κ1) is 10.4. The van der Waals surface area contributed by atoms with E-state index in [0.717, 1.165) is 0 Å². The van der Waals surface area contributed by atoms with E-state index >= 15 is 0 Å². The zero-order valence-corrected chi connectivity index (χ0v) is 8.15. The Kier molecular flexibility index (Phi) is 2.96. The van der Waals surface area contributed by atoms with Crippen molar-refractivity contribution in [3.63, 3.8) is 0 Å². The highest BCUT2D eigenvalue weighted by molar-refractivity contribution is 5.97. The standard InChI is InChI=1S/C10H12N2O2/c1-10(2,12-14)9(13)11-8-6-4-3-5-7-8/h3-7H,1-2H3,(H,11,13). The van der Waals surface area contributed by atoms with Crippen LogP contribution in [-0.4, -0.2) is 11.4 Å². The number of amides is 1. The SMILES string of the molecule is CC(C)(N=O)C(=O)Nc1ccccc1. The lowest BCUT2D eigenvalue weighted by molar-refractivity contribution is -0.120. The smallest absolute Gasteiger partial charge is 0.255 e. The van der Waals surface area contributed by atoms with Crippen LogP contribution in [0, 0.1) is 4.91 Å². The number of hydrogen-bond acceptors (Lipinski definition) is 3. The molecule has 1 N–H and O–H groups in total. The van der Waals surface area contributed by atoms with Gasteiger partial charge in [0.15, 0.2) is 5.54 Å². The minimum absolute atomic E-state index is 0.404. The Hall–Kier alpha value is -1.71. The van der Waals surface area contributed by atoms with Crippen molar-refractivity contribution in [2.75, 3.05) is 5.32 Å². The molecule has 1 rings (SSSR count). The van der Waals surface area contributed by atoms with Crippen molar-refractivity contribution in [3.05, 3.63) is 35.2 Å². The molecule has 0 bridgehead atoms. The van der Waals surface area contributed by atoms with E-state index in [1.807, 2.05) is 6.07 Å². The maximum absolute atomic E-state index is 11.5. The van der Waals surface area contributed by atoms with Crippen LogP contribution in [0.3, 0.4) is 0 Å². The Morgan fingerprint density at radius 2 is 1.86 bits per heavy atom. The van der Waals surface area contributed by atoms with Crippen molar-refractivity contribution in [2.24, 2.45) is 5.18 Å². The summed E-state index contributed by atoms with van der Waals surface area (Å²) >= 11 is 0. The zero-order chi connectivity index (χ0) is 10.6. The molecule has 1 aromatic carbocycles. The monoisotopic (exact) mass is 192 g/mol. The second kappa shape index (κ2) is 4.00. The van der Waals surface area contributed by atoms with Gasteiger partial charge in [-0.05, 0) is 26.0 Å². The van der Waals surface area contributed by atoms with Crippen LogP contribution in [-0.2, 0) is 4.79 Å². The average molecular weight is 192 g/mol. The molecule has 0 heterocycles. The Labute approximate surface area is 82.3 Å². The van der Waals surface area contributed by atoms with Crippen molar-refractivity contribution < 1.29 is 4.79 Å². The van der Waals surface area contributed by atoms with Gasteiger partial charge in [0.05, 0.1) is 0 Å². The quantitative estimate of drug-likeness (QED) is 0.746. The highest BCUT2D eigenvalue weighted by Crippen LogP contribution is 2.13. The number of anilines is 1. The van der Waals surface area contributed by atoms with Crippen LogP contribution in [0.1, 0.15) is 13.8 Å². The van der Waals surface area contributed by atoms with Crippen LogP contribution < -0.4 is 5.32 Å². The van der Waals surface area contributed by atoms with Crippen molar-refractivity contribution in [1.82, 2.24) is 0 Å². The number of carbonyl (C=O) groups excluding carboxylic acids is 1. The van der Waals surface area contributed by atoms with Crippen LogP contribution in [0.5, 0.6) is 0 Å². The molecule has 0 aliphatic rings. The first-order valence-electron chi connectivity index (χ1n) is 4.27. The van der Waals surface area contributed by atoms with Crippen LogP contribution >= 0.6 is 0 Å². The Morgan fingerprint density at radius 3 is 2.36 bits per heavy atom. The number of rotatable bonds is 3. The molecule has 14 heavy (non-hydrogen) atoms. The molecule has 1 aromatic rings. The second-order valence-corrected chi connectivity index (χ2v) is 3.47. The minimum Gasteiger partial charge on any atom is -0.324 e. The van der Waals surface area contributed by atoms with E-state index in [4.69, 9.17) is 0 Å². The Morgan fingerprint density at radius 1 is 1.29 bits per heavy atom. The van der Waals surface area contributed by atoms with Crippen molar-refractivity contribution in [3.8, 4) is 0 Å². The molecule has 4 heteroatoms. The molecule has 0 saturated heterocycles. The summed E-state index contributed by atoms with van der Waals surface area (Å²) in [5, 5.41) is 5.35. The summed E-state index contributed by atoms with van der Waals surface area (Å²) in [4.78, 5) is 21.8. The van der Waals surface area contributed by atoms with Crippen molar-refractivity contribution in [2.45, 2.75) is 19.4 Å². The molecule has 4 nitrogen and oxygen atoms in total. The summed E-state index contributed by atoms with van der Waals surface area (Å²) in [5.74, 6) is -0.404. The molecule has 0 atom stereocenters. The second-order valence-electron chi connectivity index (χ2n) is 3.47.